The molecule has 3 N–H and O–H groups in total. The average molecular weight is 322 g/mol. The van der Waals surface area contributed by atoms with Crippen molar-refractivity contribution in [1.29, 1.82) is 0 Å². The minimum absolute atomic E-state index is 0. The second-order valence-corrected chi connectivity index (χ2v) is 5.32. The first-order chi connectivity index (χ1) is 9.60. The predicted octanol–water partition coefficient (Wildman–Crippen LogP) is 0.599. The van der Waals surface area contributed by atoms with Crippen molar-refractivity contribution in [3.8, 4) is 0 Å². The quantitative estimate of drug-likeness (QED) is 0.572. The van der Waals surface area contributed by atoms with E-state index in [1.54, 1.807) is 7.11 Å². The molecule has 2 amide bonds. The molecule has 1 fully saturated rings. The number of carbonyl (C=O) groups is 2. The SMILES string of the molecule is COCCNCCNC(=O)C1(NC(C)=O)CCCCC1.Cl. The number of amides is 2. The van der Waals surface area contributed by atoms with Gasteiger partial charge in [0.2, 0.25) is 11.8 Å². The molecule has 1 saturated carbocycles. The Hall–Kier alpha value is -0.850. The van der Waals surface area contributed by atoms with E-state index in [2.05, 4.69) is 16.0 Å². The summed E-state index contributed by atoms with van der Waals surface area (Å²) in [5, 5.41) is 8.95. The molecule has 124 valence electrons. The second kappa shape index (κ2) is 10.8. The van der Waals surface area contributed by atoms with Crippen LogP contribution in [0.1, 0.15) is 39.0 Å². The van der Waals surface area contributed by atoms with Gasteiger partial charge in [-0.25, -0.2) is 0 Å². The van der Waals surface area contributed by atoms with E-state index >= 15 is 0 Å². The molecule has 6 nitrogen and oxygen atoms in total. The minimum Gasteiger partial charge on any atom is -0.383 e. The van der Waals surface area contributed by atoms with E-state index in [0.717, 1.165) is 38.6 Å². The highest BCUT2D eigenvalue weighted by Crippen LogP contribution is 2.28. The fourth-order valence-electron chi connectivity index (χ4n) is 2.63. The Morgan fingerprint density at radius 2 is 1.76 bits per heavy atom. The Balaban J connectivity index is 0.00000400. The van der Waals surface area contributed by atoms with Gasteiger partial charge in [-0.15, -0.1) is 12.4 Å². The predicted molar refractivity (Wildman–Crippen MR) is 84.6 cm³/mol. The molecule has 0 atom stereocenters. The highest BCUT2D eigenvalue weighted by Gasteiger charge is 2.39. The van der Waals surface area contributed by atoms with Crippen molar-refractivity contribution in [2.24, 2.45) is 0 Å². The first-order valence-electron chi connectivity index (χ1n) is 7.37. The topological polar surface area (TPSA) is 79.5 Å². The fraction of sp³-hybridized carbons (Fsp3) is 0.857. The molecule has 1 aliphatic rings. The van der Waals surface area contributed by atoms with Crippen LogP contribution in [0.15, 0.2) is 0 Å². The molecule has 0 heterocycles. The third kappa shape index (κ3) is 7.11. The summed E-state index contributed by atoms with van der Waals surface area (Å²) in [6.45, 7) is 4.15. The lowest BCUT2D eigenvalue weighted by molar-refractivity contribution is -0.134. The molecular formula is C14H28ClN3O3. The van der Waals surface area contributed by atoms with Crippen molar-refractivity contribution in [3.05, 3.63) is 0 Å². The monoisotopic (exact) mass is 321 g/mol. The number of nitrogens with one attached hydrogen (secondary N) is 3. The van der Waals surface area contributed by atoms with Gasteiger partial charge in [-0.2, -0.15) is 0 Å². The van der Waals surface area contributed by atoms with E-state index < -0.39 is 5.54 Å². The first kappa shape index (κ1) is 20.1. The van der Waals surface area contributed by atoms with Crippen LogP contribution in [0.25, 0.3) is 0 Å². The van der Waals surface area contributed by atoms with Gasteiger partial charge < -0.3 is 20.7 Å². The van der Waals surface area contributed by atoms with Crippen molar-refractivity contribution in [1.82, 2.24) is 16.0 Å². The summed E-state index contributed by atoms with van der Waals surface area (Å²) in [6, 6.07) is 0. The number of carbonyl (C=O) groups excluding carboxylic acids is 2. The zero-order chi connectivity index (χ0) is 14.8. The van der Waals surface area contributed by atoms with Crippen LogP contribution < -0.4 is 16.0 Å². The molecule has 0 spiro atoms. The maximum atomic E-state index is 12.4. The van der Waals surface area contributed by atoms with Gasteiger partial charge in [0, 0.05) is 33.7 Å². The summed E-state index contributed by atoms with van der Waals surface area (Å²) in [7, 11) is 1.66. The van der Waals surface area contributed by atoms with Crippen LogP contribution in [0, 0.1) is 0 Å². The van der Waals surface area contributed by atoms with E-state index in [0.29, 0.717) is 19.7 Å². The smallest absolute Gasteiger partial charge is 0.245 e. The standard InChI is InChI=1S/C14H27N3O3.ClH/c1-12(18)17-14(6-4-3-5-7-14)13(19)16-9-8-15-10-11-20-2;/h15H,3-11H2,1-2H3,(H,16,19)(H,17,18);1H. The summed E-state index contributed by atoms with van der Waals surface area (Å²) in [4.78, 5) is 23.7. The number of hydrogen-bond acceptors (Lipinski definition) is 4. The third-order valence-electron chi connectivity index (χ3n) is 3.63. The second-order valence-electron chi connectivity index (χ2n) is 5.32. The Bertz CT molecular complexity index is 321. The summed E-state index contributed by atoms with van der Waals surface area (Å²) in [5.41, 5.74) is -0.698. The zero-order valence-electron chi connectivity index (χ0n) is 13.0. The highest BCUT2D eigenvalue weighted by atomic mass is 35.5. The molecular weight excluding hydrogens is 294 g/mol. The number of methoxy groups -OCH3 is 1. The van der Waals surface area contributed by atoms with Gasteiger partial charge in [0.1, 0.15) is 5.54 Å². The molecule has 0 unspecified atom stereocenters. The van der Waals surface area contributed by atoms with Gasteiger partial charge in [0.05, 0.1) is 6.61 Å². The molecule has 7 heteroatoms. The van der Waals surface area contributed by atoms with Crippen molar-refractivity contribution >= 4 is 24.2 Å². The molecule has 0 aromatic heterocycles. The van der Waals surface area contributed by atoms with E-state index in [1.165, 1.54) is 6.92 Å². The van der Waals surface area contributed by atoms with Crippen LogP contribution in [0.4, 0.5) is 0 Å². The Kier molecular flexibility index (Phi) is 10.4. The van der Waals surface area contributed by atoms with Crippen LogP contribution in [-0.2, 0) is 14.3 Å². The van der Waals surface area contributed by atoms with Gasteiger partial charge >= 0.3 is 0 Å². The van der Waals surface area contributed by atoms with Gasteiger partial charge in [0.15, 0.2) is 0 Å². The number of halogens is 1. The third-order valence-corrected chi connectivity index (χ3v) is 3.63. The van der Waals surface area contributed by atoms with Crippen LogP contribution in [-0.4, -0.2) is 50.7 Å². The number of hydrogen-bond donors (Lipinski definition) is 3. The van der Waals surface area contributed by atoms with Crippen molar-refractivity contribution in [2.75, 3.05) is 33.4 Å². The molecule has 1 rings (SSSR count). The van der Waals surface area contributed by atoms with E-state index in [1.807, 2.05) is 0 Å². The summed E-state index contributed by atoms with van der Waals surface area (Å²) in [5.74, 6) is -0.193. The maximum Gasteiger partial charge on any atom is 0.245 e. The van der Waals surface area contributed by atoms with E-state index in [4.69, 9.17) is 4.74 Å². The van der Waals surface area contributed by atoms with Crippen LogP contribution >= 0.6 is 12.4 Å². The molecule has 0 aliphatic heterocycles. The highest BCUT2D eigenvalue weighted by molar-refractivity contribution is 5.91. The zero-order valence-corrected chi connectivity index (χ0v) is 13.8. The fourth-order valence-corrected chi connectivity index (χ4v) is 2.63. The van der Waals surface area contributed by atoms with Gasteiger partial charge in [-0.3, -0.25) is 9.59 Å². The largest absolute Gasteiger partial charge is 0.383 e. The summed E-state index contributed by atoms with van der Waals surface area (Å²) < 4.78 is 4.93. The lowest BCUT2D eigenvalue weighted by atomic mass is 9.80. The molecule has 0 aromatic carbocycles. The number of ether oxygens (including phenoxy) is 1. The van der Waals surface area contributed by atoms with Crippen molar-refractivity contribution in [2.45, 2.75) is 44.6 Å². The normalized spacial score (nSPS) is 16.7. The Morgan fingerprint density at radius 3 is 2.33 bits per heavy atom. The molecule has 0 radical (unpaired) electrons. The van der Waals surface area contributed by atoms with E-state index in [-0.39, 0.29) is 24.2 Å². The van der Waals surface area contributed by atoms with Crippen LogP contribution in [0.5, 0.6) is 0 Å². The summed E-state index contributed by atoms with van der Waals surface area (Å²) >= 11 is 0. The molecule has 21 heavy (non-hydrogen) atoms. The van der Waals surface area contributed by atoms with Crippen LogP contribution in [0.2, 0.25) is 0 Å². The molecule has 0 saturated heterocycles. The van der Waals surface area contributed by atoms with Crippen LogP contribution in [0.3, 0.4) is 0 Å². The maximum absolute atomic E-state index is 12.4. The molecule has 0 aromatic rings. The van der Waals surface area contributed by atoms with Gasteiger partial charge in [-0.05, 0) is 12.8 Å². The first-order valence-corrected chi connectivity index (χ1v) is 7.37. The van der Waals surface area contributed by atoms with Crippen molar-refractivity contribution < 1.29 is 14.3 Å². The van der Waals surface area contributed by atoms with Gasteiger partial charge in [0.25, 0.3) is 0 Å². The van der Waals surface area contributed by atoms with E-state index in [9.17, 15) is 9.59 Å². The molecule has 1 aliphatic carbocycles. The Morgan fingerprint density at radius 1 is 1.10 bits per heavy atom. The van der Waals surface area contributed by atoms with Crippen molar-refractivity contribution in [3.63, 3.8) is 0 Å². The summed E-state index contributed by atoms with van der Waals surface area (Å²) in [6.07, 6.45) is 4.57. The lowest BCUT2D eigenvalue weighted by Gasteiger charge is -2.36. The average Bonchev–Trinajstić information content (AvgIpc) is 2.42. The lowest BCUT2D eigenvalue weighted by Crippen LogP contribution is -2.59. The minimum atomic E-state index is -0.698. The van der Waals surface area contributed by atoms with Gasteiger partial charge in [-0.1, -0.05) is 19.3 Å². The Labute approximate surface area is 133 Å². The number of rotatable bonds is 8. The molecule has 0 bridgehead atoms.